The summed E-state index contributed by atoms with van der Waals surface area (Å²) < 4.78 is 0. The summed E-state index contributed by atoms with van der Waals surface area (Å²) in [5.74, 6) is -1.34. The van der Waals surface area contributed by atoms with Gasteiger partial charge in [-0.15, -0.1) is 0 Å². The van der Waals surface area contributed by atoms with Crippen molar-refractivity contribution in [2.75, 3.05) is 0 Å². The van der Waals surface area contributed by atoms with Crippen LogP contribution in [0.15, 0.2) is 12.2 Å². The number of hydrogen-bond acceptors (Lipinski definition) is 2. The molecule has 1 aliphatic carbocycles. The van der Waals surface area contributed by atoms with Crippen molar-refractivity contribution in [3.8, 4) is 0 Å². The van der Waals surface area contributed by atoms with Crippen molar-refractivity contribution in [3.63, 3.8) is 0 Å². The average molecular weight is 268 g/mol. The summed E-state index contributed by atoms with van der Waals surface area (Å²) in [6.07, 6.45) is 5.71. The van der Waals surface area contributed by atoms with Gasteiger partial charge in [0.25, 0.3) is 0 Å². The van der Waals surface area contributed by atoms with Gasteiger partial charge in [-0.05, 0) is 36.0 Å². The molecule has 1 rings (SSSR count). The van der Waals surface area contributed by atoms with Gasteiger partial charge >= 0.3 is 11.9 Å². The second kappa shape index (κ2) is 6.22. The Labute approximate surface area is 114 Å². The van der Waals surface area contributed by atoms with Crippen molar-refractivity contribution in [1.82, 2.24) is 0 Å². The topological polar surface area (TPSA) is 74.6 Å². The van der Waals surface area contributed by atoms with Crippen molar-refractivity contribution in [1.29, 1.82) is 0 Å². The van der Waals surface area contributed by atoms with Gasteiger partial charge in [0.15, 0.2) is 0 Å². The van der Waals surface area contributed by atoms with Gasteiger partial charge in [-0.3, -0.25) is 9.59 Å². The van der Waals surface area contributed by atoms with Crippen LogP contribution in [0.4, 0.5) is 0 Å². The molecular weight excluding hydrogens is 244 g/mol. The Kier molecular flexibility index (Phi) is 5.15. The van der Waals surface area contributed by atoms with Crippen LogP contribution in [0.2, 0.25) is 0 Å². The molecule has 2 N–H and O–H groups in total. The highest BCUT2D eigenvalue weighted by Gasteiger charge is 2.46. The lowest BCUT2D eigenvalue weighted by Crippen LogP contribution is -2.43. The van der Waals surface area contributed by atoms with Gasteiger partial charge in [-0.2, -0.15) is 0 Å². The lowest BCUT2D eigenvalue weighted by molar-refractivity contribution is -0.149. The first kappa shape index (κ1) is 15.7. The molecule has 0 aromatic rings. The minimum atomic E-state index is -0.906. The molecule has 2 unspecified atom stereocenters. The van der Waals surface area contributed by atoms with Crippen LogP contribution in [0, 0.1) is 23.2 Å². The molecule has 0 aromatic carbocycles. The molecule has 0 amide bonds. The van der Waals surface area contributed by atoms with Crippen LogP contribution in [0.1, 0.15) is 46.5 Å². The summed E-state index contributed by atoms with van der Waals surface area (Å²) in [6.45, 7) is 5.98. The Morgan fingerprint density at radius 3 is 2.00 bits per heavy atom. The van der Waals surface area contributed by atoms with Gasteiger partial charge in [0, 0.05) is 0 Å². The van der Waals surface area contributed by atoms with Gasteiger partial charge in [0.1, 0.15) is 0 Å². The zero-order valence-electron chi connectivity index (χ0n) is 11.9. The summed E-state index contributed by atoms with van der Waals surface area (Å²) in [5, 5.41) is 18.4. The highest BCUT2D eigenvalue weighted by atomic mass is 16.4. The number of rotatable bonds is 6. The van der Waals surface area contributed by atoms with Crippen LogP contribution in [0.25, 0.3) is 0 Å². The molecule has 0 aromatic heterocycles. The van der Waals surface area contributed by atoms with Crippen molar-refractivity contribution in [3.05, 3.63) is 12.2 Å². The second-order valence-corrected chi connectivity index (χ2v) is 6.06. The largest absolute Gasteiger partial charge is 0.481 e. The number of carboxylic acids is 2. The number of aliphatic carboxylic acids is 2. The predicted octanol–water partition coefficient (Wildman–Crippen LogP) is 3.18. The summed E-state index contributed by atoms with van der Waals surface area (Å²) in [4.78, 5) is 22.5. The Hall–Kier alpha value is -1.32. The Morgan fingerprint density at radius 1 is 1.16 bits per heavy atom. The maximum atomic E-state index is 11.2. The van der Waals surface area contributed by atoms with Gasteiger partial charge in [-0.25, -0.2) is 0 Å². The molecule has 0 heterocycles. The van der Waals surface area contributed by atoms with E-state index in [0.717, 1.165) is 12.8 Å². The van der Waals surface area contributed by atoms with Crippen LogP contribution >= 0.6 is 0 Å². The summed E-state index contributed by atoms with van der Waals surface area (Å²) in [6, 6.07) is 0. The molecule has 4 nitrogen and oxygen atoms in total. The first-order valence-electron chi connectivity index (χ1n) is 6.88. The molecule has 0 aliphatic heterocycles. The van der Waals surface area contributed by atoms with Crippen molar-refractivity contribution < 1.29 is 19.8 Å². The third kappa shape index (κ3) is 3.58. The highest BCUT2D eigenvalue weighted by molar-refractivity contribution is 5.72. The minimum absolute atomic E-state index is 0.0265. The monoisotopic (exact) mass is 268 g/mol. The molecule has 1 aliphatic rings. The van der Waals surface area contributed by atoms with Crippen LogP contribution < -0.4 is 0 Å². The molecule has 0 bridgehead atoms. The quantitative estimate of drug-likeness (QED) is 0.725. The first-order chi connectivity index (χ1) is 8.79. The van der Waals surface area contributed by atoms with Crippen molar-refractivity contribution in [2.24, 2.45) is 23.2 Å². The molecule has 4 heteroatoms. The lowest BCUT2D eigenvalue weighted by atomic mass is 9.57. The molecule has 0 saturated heterocycles. The maximum Gasteiger partial charge on any atom is 0.303 e. The van der Waals surface area contributed by atoms with E-state index in [4.69, 9.17) is 0 Å². The molecule has 0 radical (unpaired) electrons. The van der Waals surface area contributed by atoms with E-state index >= 15 is 0 Å². The lowest BCUT2D eigenvalue weighted by Gasteiger charge is -2.46. The molecular formula is C15H24O4. The molecule has 0 fully saturated rings. The first-order valence-corrected chi connectivity index (χ1v) is 6.88. The SMILES string of the molecule is CC1CC=CCC1C(CC(=O)O)(CC(=O)O)C(C)C. The maximum absolute atomic E-state index is 11.2. The van der Waals surface area contributed by atoms with E-state index in [2.05, 4.69) is 19.1 Å². The van der Waals surface area contributed by atoms with Gasteiger partial charge < -0.3 is 10.2 Å². The van der Waals surface area contributed by atoms with Crippen LogP contribution in [-0.2, 0) is 9.59 Å². The molecule has 0 spiro atoms. The van der Waals surface area contributed by atoms with Crippen LogP contribution in [0.5, 0.6) is 0 Å². The molecule has 108 valence electrons. The number of hydrogen-bond donors (Lipinski definition) is 2. The smallest absolute Gasteiger partial charge is 0.303 e. The van der Waals surface area contributed by atoms with Crippen LogP contribution in [0.3, 0.4) is 0 Å². The summed E-state index contributed by atoms with van der Waals surface area (Å²) in [5.41, 5.74) is -0.665. The van der Waals surface area contributed by atoms with E-state index in [0.29, 0.717) is 5.92 Å². The second-order valence-electron chi connectivity index (χ2n) is 6.06. The van der Waals surface area contributed by atoms with Gasteiger partial charge in [0.2, 0.25) is 0 Å². The predicted molar refractivity (Wildman–Crippen MR) is 72.8 cm³/mol. The number of carbonyl (C=O) groups is 2. The standard InChI is InChI=1S/C15H24O4/c1-10(2)15(8-13(16)17,9-14(18)19)12-7-5-4-6-11(12)3/h4-5,10-12H,6-9H2,1-3H3,(H,16,17)(H,18,19). The molecule has 19 heavy (non-hydrogen) atoms. The summed E-state index contributed by atoms with van der Waals surface area (Å²) >= 11 is 0. The highest BCUT2D eigenvalue weighted by Crippen LogP contribution is 2.49. The fourth-order valence-corrected chi connectivity index (χ4v) is 3.48. The van der Waals surface area contributed by atoms with E-state index < -0.39 is 17.4 Å². The third-order valence-corrected chi connectivity index (χ3v) is 4.60. The number of carboxylic acid groups (broad SMARTS) is 2. The van der Waals surface area contributed by atoms with E-state index in [-0.39, 0.29) is 24.7 Å². The summed E-state index contributed by atoms with van der Waals surface area (Å²) in [7, 11) is 0. The minimum Gasteiger partial charge on any atom is -0.481 e. The van der Waals surface area contributed by atoms with E-state index in [1.807, 2.05) is 13.8 Å². The number of allylic oxidation sites excluding steroid dienone is 2. The van der Waals surface area contributed by atoms with Crippen LogP contribution in [-0.4, -0.2) is 22.2 Å². The zero-order valence-corrected chi connectivity index (χ0v) is 11.9. The normalized spacial score (nSPS) is 23.6. The molecule has 0 saturated carbocycles. The fourth-order valence-electron chi connectivity index (χ4n) is 3.48. The third-order valence-electron chi connectivity index (χ3n) is 4.60. The van der Waals surface area contributed by atoms with Gasteiger partial charge in [-0.1, -0.05) is 32.9 Å². The average Bonchev–Trinajstić information content (AvgIpc) is 2.26. The Morgan fingerprint density at radius 2 is 1.63 bits per heavy atom. The zero-order chi connectivity index (χ0) is 14.6. The van der Waals surface area contributed by atoms with E-state index in [1.54, 1.807) is 0 Å². The Balaban J connectivity index is 3.16. The Bertz CT molecular complexity index is 354. The van der Waals surface area contributed by atoms with Gasteiger partial charge in [0.05, 0.1) is 12.8 Å². The van der Waals surface area contributed by atoms with Crippen molar-refractivity contribution in [2.45, 2.75) is 46.5 Å². The van der Waals surface area contributed by atoms with E-state index in [1.165, 1.54) is 0 Å². The van der Waals surface area contributed by atoms with E-state index in [9.17, 15) is 19.8 Å². The fraction of sp³-hybridized carbons (Fsp3) is 0.733. The van der Waals surface area contributed by atoms with Crippen molar-refractivity contribution >= 4 is 11.9 Å². The molecule has 2 atom stereocenters.